The maximum Gasteiger partial charge on any atom is 0.155 e. The number of halogens is 1. The number of nitrogens with zero attached hydrogens (tertiary/aromatic N) is 2. The zero-order valence-electron chi connectivity index (χ0n) is 13.3. The molecule has 0 fully saturated rings. The first-order valence-corrected chi connectivity index (χ1v) is 8.26. The number of fused-ring (bicyclic) bond motifs is 1. The van der Waals surface area contributed by atoms with Crippen LogP contribution in [0.2, 0.25) is 0 Å². The van der Waals surface area contributed by atoms with Crippen LogP contribution in [-0.2, 0) is 13.0 Å². The third-order valence-electron chi connectivity index (χ3n) is 4.59. The van der Waals surface area contributed by atoms with E-state index in [4.69, 9.17) is 0 Å². The van der Waals surface area contributed by atoms with E-state index in [9.17, 15) is 4.39 Å². The first-order chi connectivity index (χ1) is 11.8. The van der Waals surface area contributed by atoms with Gasteiger partial charge in [0.05, 0.1) is 0 Å². The molecule has 0 spiro atoms. The van der Waals surface area contributed by atoms with Crippen LogP contribution in [0.3, 0.4) is 0 Å². The summed E-state index contributed by atoms with van der Waals surface area (Å²) in [5.41, 5.74) is 4.58. The average molecular weight is 322 g/mol. The molecule has 2 aromatic carbocycles. The molecule has 1 aromatic heterocycles. The minimum atomic E-state index is -0.144. The van der Waals surface area contributed by atoms with Crippen LogP contribution in [0.25, 0.3) is 11.4 Å². The lowest BCUT2D eigenvalue weighted by Gasteiger charge is -2.26. The average Bonchev–Trinajstić information content (AvgIpc) is 3.14. The van der Waals surface area contributed by atoms with Crippen molar-refractivity contribution >= 4 is 0 Å². The van der Waals surface area contributed by atoms with Crippen LogP contribution in [-0.4, -0.2) is 15.2 Å². The monoisotopic (exact) mass is 322 g/mol. The molecule has 3 aromatic rings. The quantitative estimate of drug-likeness (QED) is 0.768. The molecular weight excluding hydrogens is 303 g/mol. The summed E-state index contributed by atoms with van der Waals surface area (Å²) in [6, 6.07) is 13.7. The molecular formula is C19H19FN4. The fourth-order valence-corrected chi connectivity index (χ4v) is 3.41. The van der Waals surface area contributed by atoms with Crippen LogP contribution in [0, 0.1) is 5.82 Å². The number of nitrogens with one attached hydrogen (secondary N) is 2. The van der Waals surface area contributed by atoms with Crippen molar-refractivity contribution in [3.05, 3.63) is 71.3 Å². The Balaban J connectivity index is 1.49. The lowest BCUT2D eigenvalue weighted by Crippen LogP contribution is -2.25. The summed E-state index contributed by atoms with van der Waals surface area (Å²) in [5.74, 6) is 0.629. The van der Waals surface area contributed by atoms with Crippen LogP contribution in [0.4, 0.5) is 4.39 Å². The maximum atomic E-state index is 13.4. The topological polar surface area (TPSA) is 53.6 Å². The van der Waals surface area contributed by atoms with E-state index < -0.39 is 0 Å². The number of rotatable bonds is 4. The number of hydrogen-bond donors (Lipinski definition) is 2. The Morgan fingerprint density at radius 3 is 3.04 bits per heavy atom. The third-order valence-corrected chi connectivity index (χ3v) is 4.59. The van der Waals surface area contributed by atoms with E-state index in [0.29, 0.717) is 0 Å². The predicted octanol–water partition coefficient (Wildman–Crippen LogP) is 3.78. The van der Waals surface area contributed by atoms with Crippen molar-refractivity contribution in [1.29, 1.82) is 0 Å². The molecule has 0 unspecified atom stereocenters. The van der Waals surface area contributed by atoms with E-state index in [0.717, 1.165) is 42.8 Å². The Bertz CT molecular complexity index is 829. The number of H-pyrrole nitrogens is 1. The van der Waals surface area contributed by atoms with Crippen molar-refractivity contribution in [3.8, 4) is 11.4 Å². The van der Waals surface area contributed by atoms with Crippen LogP contribution in [0.1, 0.15) is 35.6 Å². The molecule has 4 rings (SSSR count). The van der Waals surface area contributed by atoms with Gasteiger partial charge in [0, 0.05) is 18.2 Å². The molecule has 2 N–H and O–H groups in total. The molecule has 1 aliphatic rings. The van der Waals surface area contributed by atoms with Crippen molar-refractivity contribution in [2.75, 3.05) is 0 Å². The lowest BCUT2D eigenvalue weighted by molar-refractivity contribution is 0.457. The lowest BCUT2D eigenvalue weighted by atomic mass is 9.87. The van der Waals surface area contributed by atoms with Crippen molar-refractivity contribution in [2.45, 2.75) is 31.8 Å². The fourth-order valence-electron chi connectivity index (χ4n) is 3.41. The SMILES string of the molecule is Fc1ccc2c(c1)CCC[C@H]2NCc1cccc(-c2ncn[nH]2)c1. The predicted molar refractivity (Wildman–Crippen MR) is 90.7 cm³/mol. The van der Waals surface area contributed by atoms with Crippen molar-refractivity contribution in [2.24, 2.45) is 0 Å². The summed E-state index contributed by atoms with van der Waals surface area (Å²) >= 11 is 0. The summed E-state index contributed by atoms with van der Waals surface area (Å²) < 4.78 is 13.4. The molecule has 1 aliphatic carbocycles. The molecule has 4 nitrogen and oxygen atoms in total. The largest absolute Gasteiger partial charge is 0.306 e. The van der Waals surface area contributed by atoms with Gasteiger partial charge in [-0.3, -0.25) is 5.10 Å². The van der Waals surface area contributed by atoms with Gasteiger partial charge in [-0.15, -0.1) is 0 Å². The molecule has 0 aliphatic heterocycles. The van der Waals surface area contributed by atoms with E-state index in [1.165, 1.54) is 17.5 Å². The second kappa shape index (κ2) is 6.53. The van der Waals surface area contributed by atoms with E-state index >= 15 is 0 Å². The van der Waals surface area contributed by atoms with Crippen molar-refractivity contribution < 1.29 is 4.39 Å². The van der Waals surface area contributed by atoms with E-state index in [1.807, 2.05) is 18.2 Å². The molecule has 0 radical (unpaired) electrons. The third kappa shape index (κ3) is 3.08. The van der Waals surface area contributed by atoms with Gasteiger partial charge in [-0.25, -0.2) is 9.37 Å². The highest BCUT2D eigenvalue weighted by Crippen LogP contribution is 2.30. The van der Waals surface area contributed by atoms with Gasteiger partial charge >= 0.3 is 0 Å². The Morgan fingerprint density at radius 2 is 2.17 bits per heavy atom. The summed E-state index contributed by atoms with van der Waals surface area (Å²) in [4.78, 5) is 4.19. The molecule has 122 valence electrons. The Hall–Kier alpha value is -2.53. The first kappa shape index (κ1) is 15.0. The molecule has 0 amide bonds. The zero-order valence-corrected chi connectivity index (χ0v) is 13.3. The van der Waals surface area contributed by atoms with E-state index in [1.54, 1.807) is 12.1 Å². The van der Waals surface area contributed by atoms with Gasteiger partial charge in [-0.05, 0) is 54.2 Å². The molecule has 5 heteroatoms. The van der Waals surface area contributed by atoms with E-state index in [2.05, 4.69) is 32.6 Å². The summed E-state index contributed by atoms with van der Waals surface area (Å²) in [7, 11) is 0. The number of aromatic amines is 1. The molecule has 0 saturated carbocycles. The molecule has 1 atom stereocenters. The standard InChI is InChI=1S/C19H19FN4/c20-16-7-8-17-14(10-16)4-2-6-18(17)21-11-13-3-1-5-15(9-13)19-22-12-23-24-19/h1,3,5,7-10,12,18,21H,2,4,6,11H2,(H,22,23,24)/t18-/m1/s1. The summed E-state index contributed by atoms with van der Waals surface area (Å²) in [6.45, 7) is 0.767. The number of aryl methyl sites for hydroxylation is 1. The van der Waals surface area contributed by atoms with Gasteiger partial charge < -0.3 is 5.32 Å². The van der Waals surface area contributed by atoms with Gasteiger partial charge in [-0.1, -0.05) is 24.3 Å². The highest BCUT2D eigenvalue weighted by atomic mass is 19.1. The van der Waals surface area contributed by atoms with Crippen LogP contribution in [0.15, 0.2) is 48.8 Å². The molecule has 0 bridgehead atoms. The number of benzene rings is 2. The first-order valence-electron chi connectivity index (χ1n) is 8.26. The number of hydrogen-bond acceptors (Lipinski definition) is 3. The highest BCUT2D eigenvalue weighted by molar-refractivity contribution is 5.55. The normalized spacial score (nSPS) is 16.8. The zero-order chi connectivity index (χ0) is 16.4. The van der Waals surface area contributed by atoms with Crippen molar-refractivity contribution in [1.82, 2.24) is 20.5 Å². The highest BCUT2D eigenvalue weighted by Gasteiger charge is 2.20. The van der Waals surface area contributed by atoms with Gasteiger partial charge in [0.25, 0.3) is 0 Å². The van der Waals surface area contributed by atoms with Gasteiger partial charge in [-0.2, -0.15) is 5.10 Å². The number of aromatic nitrogens is 3. The van der Waals surface area contributed by atoms with Crippen molar-refractivity contribution in [3.63, 3.8) is 0 Å². The summed E-state index contributed by atoms with van der Waals surface area (Å²) in [5, 5.41) is 10.4. The molecule has 24 heavy (non-hydrogen) atoms. The Labute approximate surface area is 140 Å². The second-order valence-electron chi connectivity index (χ2n) is 6.20. The van der Waals surface area contributed by atoms with Crippen LogP contribution >= 0.6 is 0 Å². The van der Waals surface area contributed by atoms with Crippen LogP contribution < -0.4 is 5.32 Å². The van der Waals surface area contributed by atoms with Gasteiger partial charge in [0.1, 0.15) is 12.1 Å². The smallest absolute Gasteiger partial charge is 0.155 e. The van der Waals surface area contributed by atoms with E-state index in [-0.39, 0.29) is 11.9 Å². The fraction of sp³-hybridized carbons (Fsp3) is 0.263. The Kier molecular flexibility index (Phi) is 4.09. The molecule has 1 heterocycles. The van der Waals surface area contributed by atoms with Gasteiger partial charge in [0.15, 0.2) is 5.82 Å². The van der Waals surface area contributed by atoms with Crippen LogP contribution in [0.5, 0.6) is 0 Å². The minimum absolute atomic E-state index is 0.144. The minimum Gasteiger partial charge on any atom is -0.306 e. The molecule has 0 saturated heterocycles. The van der Waals surface area contributed by atoms with Gasteiger partial charge in [0.2, 0.25) is 0 Å². The maximum absolute atomic E-state index is 13.4. The Morgan fingerprint density at radius 1 is 1.21 bits per heavy atom. The summed E-state index contributed by atoms with van der Waals surface area (Å²) in [6.07, 6.45) is 4.65. The second-order valence-corrected chi connectivity index (χ2v) is 6.20.